The number of rotatable bonds is 11. The Kier molecular flexibility index (Phi) is 9.02. The van der Waals surface area contributed by atoms with Crippen LogP contribution in [0.2, 0.25) is 0 Å². The molecular weight excluding hydrogens is 476 g/mol. The van der Waals surface area contributed by atoms with Crippen LogP contribution >= 0.6 is 0 Å². The van der Waals surface area contributed by atoms with Gasteiger partial charge in [-0.25, -0.2) is 9.18 Å². The zero-order chi connectivity index (χ0) is 27.5. The van der Waals surface area contributed by atoms with Crippen LogP contribution in [0.4, 0.5) is 14.9 Å². The van der Waals surface area contributed by atoms with Crippen LogP contribution in [0.5, 0.6) is 0 Å². The fraction of sp³-hybridized carbons (Fsp3) is 0.630. The van der Waals surface area contributed by atoms with Crippen LogP contribution in [0.15, 0.2) is 18.2 Å². The third kappa shape index (κ3) is 8.04. The van der Waals surface area contributed by atoms with E-state index in [1.807, 2.05) is 0 Å². The summed E-state index contributed by atoms with van der Waals surface area (Å²) < 4.78 is 20.6. The summed E-state index contributed by atoms with van der Waals surface area (Å²) in [6, 6.07) is 2.73. The number of hydrogen-bond donors (Lipinski definition) is 3. The van der Waals surface area contributed by atoms with Crippen LogP contribution in [0.3, 0.4) is 0 Å². The Bertz CT molecular complexity index is 1020. The predicted octanol–water partition coefficient (Wildman–Crippen LogP) is 3.25. The van der Waals surface area contributed by atoms with Gasteiger partial charge in [0.25, 0.3) is 0 Å². The summed E-state index contributed by atoms with van der Waals surface area (Å²) in [6.07, 6.45) is 3.59. The molecule has 0 heterocycles. The van der Waals surface area contributed by atoms with Gasteiger partial charge in [-0.05, 0) is 81.9 Å². The van der Waals surface area contributed by atoms with E-state index in [-0.39, 0.29) is 29.6 Å². The molecule has 2 aliphatic carbocycles. The van der Waals surface area contributed by atoms with E-state index < -0.39 is 41.4 Å². The Hall–Kier alpha value is -2.91. The molecule has 37 heavy (non-hydrogen) atoms. The van der Waals surface area contributed by atoms with Gasteiger partial charge < -0.3 is 25.5 Å². The number of anilines is 1. The lowest BCUT2D eigenvalue weighted by Crippen LogP contribution is -2.51. The molecule has 0 bridgehead atoms. The van der Waals surface area contributed by atoms with Gasteiger partial charge in [0.05, 0.1) is 11.7 Å². The number of carbonyl (C=O) groups excluding carboxylic acids is 4. The van der Waals surface area contributed by atoms with Crippen LogP contribution in [0.1, 0.15) is 78.2 Å². The Morgan fingerprint density at radius 1 is 1.05 bits per heavy atom. The first kappa shape index (κ1) is 28.7. The molecular formula is C27H39BFN3O5. The molecule has 10 heteroatoms. The van der Waals surface area contributed by atoms with E-state index in [2.05, 4.69) is 16.0 Å². The molecule has 2 fully saturated rings. The minimum atomic E-state index is -0.834. The molecule has 0 saturated heterocycles. The van der Waals surface area contributed by atoms with Crippen LogP contribution in [-0.2, 0) is 19.1 Å². The van der Waals surface area contributed by atoms with Crippen molar-refractivity contribution < 1.29 is 28.3 Å². The second-order valence-electron chi connectivity index (χ2n) is 11.4. The summed E-state index contributed by atoms with van der Waals surface area (Å²) in [6.45, 7) is 8.69. The standard InChI is InChI=1S/C27H39BFN3O5/c1-6-20(33)31-22(24(28)34)14(2)17-11-12-19(18(29)13-17)30-25(35)23(32-26(36)37-27(3,4)5)21(15-7-8-15)16-9-10-16/h11-16,21-23H,6-10,28H2,1-5H3,(H,30,35)(H,31,33)(H,32,36)/t14-,22+,23-/m0/s1. The largest absolute Gasteiger partial charge is 0.444 e. The number of benzene rings is 1. The summed E-state index contributed by atoms with van der Waals surface area (Å²) in [5.74, 6) is -1.18. The second kappa shape index (κ2) is 11.6. The summed E-state index contributed by atoms with van der Waals surface area (Å²) in [4.78, 5) is 50.0. The minimum absolute atomic E-state index is 0.0146. The number of alkyl carbamates (subject to hydrolysis) is 1. The van der Waals surface area contributed by atoms with Crippen molar-refractivity contribution in [3.05, 3.63) is 29.6 Å². The first-order chi connectivity index (χ1) is 17.3. The third-order valence-electron chi connectivity index (χ3n) is 7.02. The van der Waals surface area contributed by atoms with Gasteiger partial charge in [0.1, 0.15) is 23.1 Å². The molecule has 202 valence electrons. The highest BCUT2D eigenvalue weighted by molar-refractivity contribution is 6.59. The SMILES string of the molecule is BC(=O)[C@H](NC(=O)CC)[C@@H](C)c1ccc(NC(=O)[C@@H](NC(=O)OC(C)(C)C)C(C2CC2)C2CC2)c(F)c1. The summed E-state index contributed by atoms with van der Waals surface area (Å²) in [5, 5.41) is 8.12. The maximum absolute atomic E-state index is 15.2. The molecule has 1 aromatic rings. The van der Waals surface area contributed by atoms with Crippen molar-refractivity contribution in [2.24, 2.45) is 17.8 Å². The minimum Gasteiger partial charge on any atom is -0.444 e. The number of hydrogen-bond acceptors (Lipinski definition) is 5. The van der Waals surface area contributed by atoms with E-state index in [1.54, 1.807) is 40.7 Å². The predicted molar refractivity (Wildman–Crippen MR) is 141 cm³/mol. The van der Waals surface area contributed by atoms with E-state index in [4.69, 9.17) is 4.74 Å². The van der Waals surface area contributed by atoms with Crippen LogP contribution in [0, 0.1) is 23.6 Å². The first-order valence-electron chi connectivity index (χ1n) is 13.2. The molecule has 0 unspecified atom stereocenters. The first-order valence-corrected chi connectivity index (χ1v) is 13.2. The molecule has 3 atom stereocenters. The van der Waals surface area contributed by atoms with Gasteiger partial charge in [-0.15, -0.1) is 0 Å². The quantitative estimate of drug-likeness (QED) is 0.392. The smallest absolute Gasteiger partial charge is 0.408 e. The van der Waals surface area contributed by atoms with Gasteiger partial charge in [-0.2, -0.15) is 0 Å². The Morgan fingerprint density at radius 2 is 1.65 bits per heavy atom. The topological polar surface area (TPSA) is 114 Å². The summed E-state index contributed by atoms with van der Waals surface area (Å²) >= 11 is 0. The molecule has 3 rings (SSSR count). The highest BCUT2D eigenvalue weighted by atomic mass is 19.1. The van der Waals surface area contributed by atoms with Crippen LogP contribution < -0.4 is 16.0 Å². The zero-order valence-electron chi connectivity index (χ0n) is 22.7. The van der Waals surface area contributed by atoms with E-state index in [1.165, 1.54) is 20.0 Å². The molecule has 0 radical (unpaired) electrons. The molecule has 2 aliphatic rings. The van der Waals surface area contributed by atoms with Crippen LogP contribution in [-0.4, -0.2) is 49.1 Å². The number of ether oxygens (including phenoxy) is 1. The third-order valence-corrected chi connectivity index (χ3v) is 7.02. The lowest BCUT2D eigenvalue weighted by Gasteiger charge is -2.29. The summed E-state index contributed by atoms with van der Waals surface area (Å²) in [7, 11) is 1.38. The molecule has 0 aromatic heterocycles. The van der Waals surface area contributed by atoms with Crippen molar-refractivity contribution in [1.29, 1.82) is 0 Å². The maximum Gasteiger partial charge on any atom is 0.408 e. The van der Waals surface area contributed by atoms with Crippen molar-refractivity contribution in [1.82, 2.24) is 10.6 Å². The molecule has 8 nitrogen and oxygen atoms in total. The Balaban J connectivity index is 1.77. The van der Waals surface area contributed by atoms with Gasteiger partial charge >= 0.3 is 6.09 Å². The Labute approximate surface area is 219 Å². The molecule has 2 saturated carbocycles. The summed E-state index contributed by atoms with van der Waals surface area (Å²) in [5.41, 5.74) is -0.440. The number of carbonyl (C=O) groups is 4. The lowest BCUT2D eigenvalue weighted by molar-refractivity contribution is -0.125. The van der Waals surface area contributed by atoms with Gasteiger partial charge in [0, 0.05) is 12.3 Å². The molecule has 3 N–H and O–H groups in total. The fourth-order valence-electron chi connectivity index (χ4n) is 4.84. The fourth-order valence-corrected chi connectivity index (χ4v) is 4.84. The lowest BCUT2D eigenvalue weighted by atomic mass is 9.83. The average Bonchev–Trinajstić information content (AvgIpc) is 3.71. The molecule has 0 spiro atoms. The van der Waals surface area contributed by atoms with E-state index in [9.17, 15) is 19.2 Å². The van der Waals surface area contributed by atoms with Gasteiger partial charge in [-0.1, -0.05) is 19.9 Å². The van der Waals surface area contributed by atoms with Gasteiger partial charge in [0.2, 0.25) is 11.8 Å². The van der Waals surface area contributed by atoms with Crippen molar-refractivity contribution in [3.8, 4) is 0 Å². The molecule has 1 aromatic carbocycles. The van der Waals surface area contributed by atoms with Gasteiger partial charge in [0.15, 0.2) is 7.85 Å². The number of halogens is 1. The van der Waals surface area contributed by atoms with Crippen molar-refractivity contribution in [3.63, 3.8) is 0 Å². The van der Waals surface area contributed by atoms with Crippen molar-refractivity contribution in [2.45, 2.75) is 90.3 Å². The van der Waals surface area contributed by atoms with E-state index in [0.717, 1.165) is 25.7 Å². The van der Waals surface area contributed by atoms with Crippen molar-refractivity contribution >= 4 is 37.1 Å². The molecule has 0 aliphatic heterocycles. The number of nitrogens with one attached hydrogen (secondary N) is 3. The van der Waals surface area contributed by atoms with Gasteiger partial charge in [-0.3, -0.25) is 9.59 Å². The highest BCUT2D eigenvalue weighted by Crippen LogP contribution is 2.51. The van der Waals surface area contributed by atoms with E-state index >= 15 is 4.39 Å². The number of amides is 3. The molecule has 3 amide bonds. The van der Waals surface area contributed by atoms with E-state index in [0.29, 0.717) is 17.4 Å². The van der Waals surface area contributed by atoms with Crippen LogP contribution in [0.25, 0.3) is 0 Å². The monoisotopic (exact) mass is 515 g/mol. The average molecular weight is 515 g/mol. The second-order valence-corrected chi connectivity index (χ2v) is 11.4. The zero-order valence-corrected chi connectivity index (χ0v) is 22.7. The van der Waals surface area contributed by atoms with Crippen molar-refractivity contribution in [2.75, 3.05) is 5.32 Å². The Morgan fingerprint density at radius 3 is 2.11 bits per heavy atom. The maximum atomic E-state index is 15.2. The normalized spacial score (nSPS) is 17.9. The highest BCUT2D eigenvalue weighted by Gasteiger charge is 2.48.